The summed E-state index contributed by atoms with van der Waals surface area (Å²) in [6.07, 6.45) is 3.89. The molecular weight excluding hydrogens is 360 g/mol. The molecule has 0 spiro atoms. The summed E-state index contributed by atoms with van der Waals surface area (Å²) in [7, 11) is 1.54. The fraction of sp³-hybridized carbons (Fsp3) is 0.238. The standard InChI is InChI=1S/C21H20N2O3S/c1-26-16-11-13-7-3-2-6-12(13)10-15(16)20(25)23-21-18(19(22)24)14-8-4-5-9-17(14)27-21/h2-3,6-7,10-11H,4-5,8-9H2,1H3,(H2,22,24)(H,23,25). The third kappa shape index (κ3) is 3.17. The average molecular weight is 380 g/mol. The zero-order valence-electron chi connectivity index (χ0n) is 15.0. The number of primary amides is 1. The quantitative estimate of drug-likeness (QED) is 0.714. The van der Waals surface area contributed by atoms with Gasteiger partial charge in [-0.05, 0) is 54.2 Å². The van der Waals surface area contributed by atoms with E-state index in [1.54, 1.807) is 13.2 Å². The van der Waals surface area contributed by atoms with E-state index in [1.165, 1.54) is 11.3 Å². The number of nitrogens with two attached hydrogens (primary N) is 1. The van der Waals surface area contributed by atoms with E-state index in [9.17, 15) is 9.59 Å². The molecule has 138 valence electrons. The molecular formula is C21H20N2O3S. The van der Waals surface area contributed by atoms with Crippen molar-refractivity contribution < 1.29 is 14.3 Å². The van der Waals surface area contributed by atoms with Crippen molar-refractivity contribution in [2.75, 3.05) is 12.4 Å². The number of ether oxygens (including phenoxy) is 1. The van der Waals surface area contributed by atoms with Crippen molar-refractivity contribution in [3.63, 3.8) is 0 Å². The maximum Gasteiger partial charge on any atom is 0.260 e. The Kier molecular flexibility index (Phi) is 4.58. The molecule has 1 heterocycles. The van der Waals surface area contributed by atoms with Crippen LogP contribution in [0.25, 0.3) is 10.8 Å². The topological polar surface area (TPSA) is 81.4 Å². The van der Waals surface area contributed by atoms with E-state index >= 15 is 0 Å². The number of methoxy groups -OCH3 is 1. The number of hydrogen-bond donors (Lipinski definition) is 2. The first-order valence-corrected chi connectivity index (χ1v) is 9.72. The molecule has 1 aromatic heterocycles. The Morgan fingerprint density at radius 1 is 1.11 bits per heavy atom. The van der Waals surface area contributed by atoms with Crippen molar-refractivity contribution in [3.05, 3.63) is 58.0 Å². The summed E-state index contributed by atoms with van der Waals surface area (Å²) < 4.78 is 5.42. The predicted molar refractivity (Wildman–Crippen MR) is 108 cm³/mol. The Morgan fingerprint density at radius 3 is 2.52 bits per heavy atom. The van der Waals surface area contributed by atoms with E-state index in [1.807, 2.05) is 30.3 Å². The van der Waals surface area contributed by atoms with Crippen LogP contribution in [0.5, 0.6) is 5.75 Å². The molecule has 0 bridgehead atoms. The van der Waals surface area contributed by atoms with Crippen molar-refractivity contribution in [2.24, 2.45) is 5.73 Å². The number of rotatable bonds is 4. The fourth-order valence-corrected chi connectivity index (χ4v) is 4.94. The van der Waals surface area contributed by atoms with Gasteiger partial charge in [-0.25, -0.2) is 0 Å². The lowest BCUT2D eigenvalue weighted by Crippen LogP contribution is -2.19. The normalized spacial score (nSPS) is 13.2. The monoisotopic (exact) mass is 380 g/mol. The van der Waals surface area contributed by atoms with Gasteiger partial charge in [-0.2, -0.15) is 0 Å². The summed E-state index contributed by atoms with van der Waals surface area (Å²) in [6, 6.07) is 11.4. The Balaban J connectivity index is 1.74. The highest BCUT2D eigenvalue weighted by Gasteiger charge is 2.26. The highest BCUT2D eigenvalue weighted by Crippen LogP contribution is 2.38. The SMILES string of the molecule is COc1cc2ccccc2cc1C(=O)Nc1sc2c(c1C(N)=O)CCCC2. The van der Waals surface area contributed by atoms with E-state index in [0.717, 1.165) is 46.9 Å². The lowest BCUT2D eigenvalue weighted by molar-refractivity contribution is 0.100. The number of aryl methyl sites for hydroxylation is 1. The molecule has 0 saturated carbocycles. The summed E-state index contributed by atoms with van der Waals surface area (Å²) in [5, 5.41) is 5.38. The summed E-state index contributed by atoms with van der Waals surface area (Å²) in [5.74, 6) is -0.304. The summed E-state index contributed by atoms with van der Waals surface area (Å²) in [5.41, 5.74) is 7.51. The van der Waals surface area contributed by atoms with Gasteiger partial charge < -0.3 is 15.8 Å². The number of carbonyl (C=O) groups is 2. The summed E-state index contributed by atoms with van der Waals surface area (Å²) in [6.45, 7) is 0. The molecule has 2 amide bonds. The number of amides is 2. The minimum atomic E-state index is -0.491. The molecule has 0 fully saturated rings. The average Bonchev–Trinajstić information content (AvgIpc) is 3.04. The third-order valence-corrected chi connectivity index (χ3v) is 6.16. The molecule has 1 aliphatic carbocycles. The van der Waals surface area contributed by atoms with Gasteiger partial charge in [0.25, 0.3) is 11.8 Å². The van der Waals surface area contributed by atoms with Crippen LogP contribution in [-0.2, 0) is 12.8 Å². The number of thiophene rings is 1. The number of fused-ring (bicyclic) bond motifs is 2. The second-order valence-electron chi connectivity index (χ2n) is 6.63. The molecule has 1 aliphatic rings. The first kappa shape index (κ1) is 17.5. The zero-order valence-corrected chi connectivity index (χ0v) is 15.8. The van der Waals surface area contributed by atoms with Gasteiger partial charge in [0.15, 0.2) is 0 Å². The molecule has 27 heavy (non-hydrogen) atoms. The number of benzene rings is 2. The van der Waals surface area contributed by atoms with Crippen LogP contribution in [0.3, 0.4) is 0 Å². The first-order valence-electron chi connectivity index (χ1n) is 8.91. The second kappa shape index (κ2) is 7.04. The van der Waals surface area contributed by atoms with Gasteiger partial charge in [-0.3, -0.25) is 9.59 Å². The number of carbonyl (C=O) groups excluding carboxylic acids is 2. The second-order valence-corrected chi connectivity index (χ2v) is 7.74. The maximum atomic E-state index is 13.0. The largest absolute Gasteiger partial charge is 0.496 e. The van der Waals surface area contributed by atoms with Gasteiger partial charge in [0.05, 0.1) is 18.2 Å². The molecule has 0 atom stereocenters. The highest BCUT2D eigenvalue weighted by atomic mass is 32.1. The number of hydrogen-bond acceptors (Lipinski definition) is 4. The van der Waals surface area contributed by atoms with Crippen molar-refractivity contribution in [1.29, 1.82) is 0 Å². The van der Waals surface area contributed by atoms with Crippen LogP contribution >= 0.6 is 11.3 Å². The van der Waals surface area contributed by atoms with Crippen molar-refractivity contribution in [2.45, 2.75) is 25.7 Å². The lowest BCUT2D eigenvalue weighted by atomic mass is 9.95. The van der Waals surface area contributed by atoms with E-state index in [2.05, 4.69) is 5.32 Å². The van der Waals surface area contributed by atoms with E-state index < -0.39 is 5.91 Å². The van der Waals surface area contributed by atoms with E-state index in [-0.39, 0.29) is 5.91 Å². The van der Waals surface area contributed by atoms with Crippen LogP contribution in [0.1, 0.15) is 44.0 Å². The summed E-state index contributed by atoms with van der Waals surface area (Å²) >= 11 is 1.46. The van der Waals surface area contributed by atoms with Gasteiger partial charge in [-0.1, -0.05) is 24.3 Å². The van der Waals surface area contributed by atoms with Gasteiger partial charge in [0.2, 0.25) is 0 Å². The van der Waals surface area contributed by atoms with Gasteiger partial charge in [0, 0.05) is 4.88 Å². The fourth-order valence-electron chi connectivity index (χ4n) is 3.65. The zero-order chi connectivity index (χ0) is 19.0. The van der Waals surface area contributed by atoms with Crippen molar-refractivity contribution in [1.82, 2.24) is 0 Å². The van der Waals surface area contributed by atoms with E-state index in [0.29, 0.717) is 21.9 Å². The molecule has 0 unspecified atom stereocenters. The van der Waals surface area contributed by atoms with Crippen molar-refractivity contribution >= 4 is 38.9 Å². The van der Waals surface area contributed by atoms with Crippen LogP contribution in [0.15, 0.2) is 36.4 Å². The predicted octanol–water partition coefficient (Wildman–Crippen LogP) is 4.14. The molecule has 2 aromatic carbocycles. The number of nitrogens with one attached hydrogen (secondary N) is 1. The highest BCUT2D eigenvalue weighted by molar-refractivity contribution is 7.17. The van der Waals surface area contributed by atoms with Crippen LogP contribution in [0.4, 0.5) is 5.00 Å². The third-order valence-electron chi connectivity index (χ3n) is 4.96. The van der Waals surface area contributed by atoms with Crippen molar-refractivity contribution in [3.8, 4) is 5.75 Å². The molecule has 0 aliphatic heterocycles. The minimum absolute atomic E-state index is 0.307. The Morgan fingerprint density at radius 2 is 1.81 bits per heavy atom. The molecule has 6 heteroatoms. The molecule has 5 nitrogen and oxygen atoms in total. The smallest absolute Gasteiger partial charge is 0.260 e. The number of anilines is 1. The molecule has 0 saturated heterocycles. The van der Waals surface area contributed by atoms with Crippen LogP contribution in [0.2, 0.25) is 0 Å². The Labute approximate surface area is 161 Å². The van der Waals surface area contributed by atoms with E-state index in [4.69, 9.17) is 10.5 Å². The Bertz CT molecular complexity index is 1060. The Hall–Kier alpha value is -2.86. The molecule has 4 rings (SSSR count). The summed E-state index contributed by atoms with van der Waals surface area (Å²) in [4.78, 5) is 26.2. The van der Waals surface area contributed by atoms with Gasteiger partial charge >= 0.3 is 0 Å². The van der Waals surface area contributed by atoms with Crippen LogP contribution in [-0.4, -0.2) is 18.9 Å². The van der Waals surface area contributed by atoms with Gasteiger partial charge in [0.1, 0.15) is 10.8 Å². The molecule has 3 N–H and O–H groups in total. The first-order chi connectivity index (χ1) is 13.1. The van der Waals surface area contributed by atoms with Crippen LogP contribution < -0.4 is 15.8 Å². The lowest BCUT2D eigenvalue weighted by Gasteiger charge is -2.12. The van der Waals surface area contributed by atoms with Crippen LogP contribution in [0, 0.1) is 0 Å². The molecule has 0 radical (unpaired) electrons. The molecule has 3 aromatic rings. The minimum Gasteiger partial charge on any atom is -0.496 e. The van der Waals surface area contributed by atoms with Gasteiger partial charge in [-0.15, -0.1) is 11.3 Å². The maximum absolute atomic E-state index is 13.0.